The molecule has 2 aromatic rings. The van der Waals surface area contributed by atoms with Crippen LogP contribution in [-0.4, -0.2) is 40.8 Å². The molecule has 0 saturated carbocycles. The van der Waals surface area contributed by atoms with Crippen molar-refractivity contribution in [3.63, 3.8) is 0 Å². The highest BCUT2D eigenvalue weighted by molar-refractivity contribution is 5.56. The number of hydrogen-bond donors (Lipinski definition) is 2. The second kappa shape index (κ2) is 7.32. The smallest absolute Gasteiger partial charge is 0.152 e. The van der Waals surface area contributed by atoms with Gasteiger partial charge in [0.25, 0.3) is 0 Å². The summed E-state index contributed by atoms with van der Waals surface area (Å²) < 4.78 is 5.70. The number of nitrogens with one attached hydrogen (secondary N) is 2. The molecule has 0 radical (unpaired) electrons. The van der Waals surface area contributed by atoms with Crippen molar-refractivity contribution in [2.24, 2.45) is 5.92 Å². The minimum Gasteiger partial charge on any atom is -0.460 e. The van der Waals surface area contributed by atoms with E-state index >= 15 is 0 Å². The zero-order valence-corrected chi connectivity index (χ0v) is 14.4. The molecule has 1 aliphatic rings. The molecular formula is C18H28N4O. The average molecular weight is 316 g/mol. The lowest BCUT2D eigenvalue weighted by molar-refractivity contribution is 0.138. The van der Waals surface area contributed by atoms with E-state index in [9.17, 15) is 0 Å². The molecule has 1 aliphatic heterocycles. The van der Waals surface area contributed by atoms with Crippen LogP contribution in [0.25, 0.3) is 11.5 Å². The summed E-state index contributed by atoms with van der Waals surface area (Å²) in [6, 6.07) is 4.63. The fraction of sp³-hybridized carbons (Fsp3) is 0.611. The Morgan fingerprint density at radius 1 is 1.43 bits per heavy atom. The van der Waals surface area contributed by atoms with Gasteiger partial charge in [-0.3, -0.25) is 5.10 Å². The van der Waals surface area contributed by atoms with Gasteiger partial charge in [-0.15, -0.1) is 0 Å². The summed E-state index contributed by atoms with van der Waals surface area (Å²) in [5.74, 6) is 2.53. The van der Waals surface area contributed by atoms with Crippen molar-refractivity contribution in [3.8, 4) is 11.5 Å². The fourth-order valence-corrected chi connectivity index (χ4v) is 3.37. The molecule has 5 heteroatoms. The molecule has 0 bridgehead atoms. The Kier molecular flexibility index (Phi) is 5.18. The lowest BCUT2D eigenvalue weighted by atomic mass is 9.97. The van der Waals surface area contributed by atoms with E-state index in [2.05, 4.69) is 34.3 Å². The highest BCUT2D eigenvalue weighted by Crippen LogP contribution is 2.23. The fourth-order valence-electron chi connectivity index (χ4n) is 3.37. The van der Waals surface area contributed by atoms with E-state index in [1.165, 1.54) is 25.9 Å². The minimum atomic E-state index is 0.653. The SMILES string of the molecule is Cc1ccc(-c2[nH]ncc2CNCC2CCCN(C(C)C)C2)o1. The van der Waals surface area contributed by atoms with Gasteiger partial charge in [0.15, 0.2) is 5.76 Å². The molecule has 0 amide bonds. The maximum atomic E-state index is 5.70. The van der Waals surface area contributed by atoms with Crippen LogP contribution < -0.4 is 5.32 Å². The van der Waals surface area contributed by atoms with Gasteiger partial charge in [0.2, 0.25) is 0 Å². The van der Waals surface area contributed by atoms with Crippen LogP contribution in [-0.2, 0) is 6.54 Å². The first kappa shape index (κ1) is 16.3. The Balaban J connectivity index is 1.53. The molecule has 2 N–H and O–H groups in total. The number of nitrogens with zero attached hydrogens (tertiary/aromatic N) is 2. The Bertz CT molecular complexity index is 616. The highest BCUT2D eigenvalue weighted by atomic mass is 16.3. The summed E-state index contributed by atoms with van der Waals surface area (Å²) >= 11 is 0. The largest absolute Gasteiger partial charge is 0.460 e. The topological polar surface area (TPSA) is 57.1 Å². The van der Waals surface area contributed by atoms with Crippen molar-refractivity contribution < 1.29 is 4.42 Å². The first-order valence-electron chi connectivity index (χ1n) is 8.67. The monoisotopic (exact) mass is 316 g/mol. The van der Waals surface area contributed by atoms with E-state index < -0.39 is 0 Å². The van der Waals surface area contributed by atoms with Crippen LogP contribution in [0.4, 0.5) is 0 Å². The normalized spacial score (nSPS) is 19.6. The van der Waals surface area contributed by atoms with Crippen molar-refractivity contribution in [1.29, 1.82) is 0 Å². The van der Waals surface area contributed by atoms with Crippen molar-refractivity contribution in [1.82, 2.24) is 20.4 Å². The highest BCUT2D eigenvalue weighted by Gasteiger charge is 2.21. The van der Waals surface area contributed by atoms with E-state index in [0.29, 0.717) is 6.04 Å². The average Bonchev–Trinajstić information content (AvgIpc) is 3.16. The summed E-state index contributed by atoms with van der Waals surface area (Å²) in [7, 11) is 0. The number of H-pyrrole nitrogens is 1. The summed E-state index contributed by atoms with van der Waals surface area (Å²) in [6.45, 7) is 10.9. The quantitative estimate of drug-likeness (QED) is 0.859. The number of aromatic amines is 1. The van der Waals surface area contributed by atoms with Gasteiger partial charge in [-0.2, -0.15) is 5.10 Å². The van der Waals surface area contributed by atoms with Gasteiger partial charge >= 0.3 is 0 Å². The number of aromatic nitrogens is 2. The summed E-state index contributed by atoms with van der Waals surface area (Å²) in [5.41, 5.74) is 2.15. The standard InChI is InChI=1S/C18H28N4O/c1-13(2)22-8-4-5-15(12-22)9-19-10-16-11-20-21-18(16)17-7-6-14(3)23-17/h6-7,11,13,15,19H,4-5,8-10,12H2,1-3H3,(H,20,21). The van der Waals surface area contributed by atoms with E-state index in [4.69, 9.17) is 4.42 Å². The number of aryl methyl sites for hydroxylation is 1. The zero-order valence-electron chi connectivity index (χ0n) is 14.4. The van der Waals surface area contributed by atoms with Gasteiger partial charge < -0.3 is 14.6 Å². The molecule has 0 aromatic carbocycles. The third kappa shape index (κ3) is 4.03. The summed E-state index contributed by atoms with van der Waals surface area (Å²) in [5, 5.41) is 10.8. The van der Waals surface area contributed by atoms with Crippen LogP contribution in [0.2, 0.25) is 0 Å². The molecule has 0 aliphatic carbocycles. The van der Waals surface area contributed by atoms with Gasteiger partial charge in [-0.1, -0.05) is 0 Å². The van der Waals surface area contributed by atoms with Crippen LogP contribution in [0.1, 0.15) is 38.0 Å². The van der Waals surface area contributed by atoms with Gasteiger partial charge in [0.1, 0.15) is 11.5 Å². The molecule has 1 atom stereocenters. The van der Waals surface area contributed by atoms with Crippen LogP contribution >= 0.6 is 0 Å². The molecule has 1 saturated heterocycles. The van der Waals surface area contributed by atoms with E-state index in [1.54, 1.807) is 0 Å². The van der Waals surface area contributed by atoms with E-state index in [1.807, 2.05) is 25.3 Å². The maximum absolute atomic E-state index is 5.70. The first-order chi connectivity index (χ1) is 11.1. The molecular weight excluding hydrogens is 288 g/mol. The van der Waals surface area contributed by atoms with Crippen LogP contribution in [0.3, 0.4) is 0 Å². The number of likely N-dealkylation sites (tertiary alicyclic amines) is 1. The molecule has 1 unspecified atom stereocenters. The second-order valence-electron chi connectivity index (χ2n) is 6.91. The molecule has 5 nitrogen and oxygen atoms in total. The molecule has 1 fully saturated rings. The number of piperidine rings is 1. The van der Waals surface area contributed by atoms with Gasteiger partial charge in [-0.25, -0.2) is 0 Å². The molecule has 3 rings (SSSR count). The van der Waals surface area contributed by atoms with Crippen LogP contribution in [0, 0.1) is 12.8 Å². The number of rotatable bonds is 6. The van der Waals surface area contributed by atoms with E-state index in [0.717, 1.165) is 41.8 Å². The number of furan rings is 1. The van der Waals surface area contributed by atoms with Crippen molar-refractivity contribution in [2.75, 3.05) is 19.6 Å². The van der Waals surface area contributed by atoms with Crippen LogP contribution in [0.15, 0.2) is 22.7 Å². The van der Waals surface area contributed by atoms with Gasteiger partial charge in [0.05, 0.1) is 6.20 Å². The molecule has 3 heterocycles. The van der Waals surface area contributed by atoms with Crippen molar-refractivity contribution >= 4 is 0 Å². The third-order valence-corrected chi connectivity index (χ3v) is 4.73. The first-order valence-corrected chi connectivity index (χ1v) is 8.67. The van der Waals surface area contributed by atoms with Gasteiger partial charge in [-0.05, 0) is 64.8 Å². The van der Waals surface area contributed by atoms with Crippen molar-refractivity contribution in [3.05, 3.63) is 29.7 Å². The van der Waals surface area contributed by atoms with E-state index in [-0.39, 0.29) is 0 Å². The predicted octanol–water partition coefficient (Wildman–Crippen LogP) is 3.19. The summed E-state index contributed by atoms with van der Waals surface area (Å²) in [6.07, 6.45) is 4.53. The second-order valence-corrected chi connectivity index (χ2v) is 6.91. The zero-order chi connectivity index (χ0) is 16.2. The van der Waals surface area contributed by atoms with Crippen molar-refractivity contribution in [2.45, 2.75) is 46.2 Å². The molecule has 0 spiro atoms. The number of hydrogen-bond acceptors (Lipinski definition) is 4. The minimum absolute atomic E-state index is 0.653. The Labute approximate surface area is 138 Å². The predicted molar refractivity (Wildman–Crippen MR) is 92.2 cm³/mol. The van der Waals surface area contributed by atoms with Crippen LogP contribution in [0.5, 0.6) is 0 Å². The van der Waals surface area contributed by atoms with Gasteiger partial charge in [0, 0.05) is 24.7 Å². The molecule has 126 valence electrons. The Morgan fingerprint density at radius 3 is 3.04 bits per heavy atom. The lowest BCUT2D eigenvalue weighted by Crippen LogP contribution is -2.42. The third-order valence-electron chi connectivity index (χ3n) is 4.73. The Morgan fingerprint density at radius 2 is 2.30 bits per heavy atom. The maximum Gasteiger partial charge on any atom is 0.152 e. The summed E-state index contributed by atoms with van der Waals surface area (Å²) in [4.78, 5) is 2.59. The molecule has 23 heavy (non-hydrogen) atoms. The Hall–Kier alpha value is -1.59. The lowest BCUT2D eigenvalue weighted by Gasteiger charge is -2.35. The molecule has 2 aromatic heterocycles.